The maximum Gasteiger partial charge on any atom is 0.237 e. The summed E-state index contributed by atoms with van der Waals surface area (Å²) >= 11 is 0. The Morgan fingerprint density at radius 1 is 1.10 bits per heavy atom. The number of rotatable bonds is 7. The number of ether oxygens (including phenoxy) is 1. The van der Waals surface area contributed by atoms with Gasteiger partial charge in [-0.25, -0.2) is 4.98 Å². The number of hydrogen-bond donors (Lipinski definition) is 1. The van der Waals surface area contributed by atoms with Crippen molar-refractivity contribution in [3.63, 3.8) is 0 Å². The highest BCUT2D eigenvalue weighted by molar-refractivity contribution is 5.52. The first-order valence-electron chi connectivity index (χ1n) is 7.15. The maximum atomic E-state index is 5.69. The van der Waals surface area contributed by atoms with Gasteiger partial charge in [0, 0.05) is 12.7 Å². The lowest BCUT2D eigenvalue weighted by Crippen LogP contribution is -2.10. The first-order chi connectivity index (χ1) is 9.75. The summed E-state index contributed by atoms with van der Waals surface area (Å²) in [6.45, 7) is 4.93. The fraction of sp³-hybridized carbons (Fsp3) is 0.353. The van der Waals surface area contributed by atoms with Gasteiger partial charge in [-0.05, 0) is 44.4 Å². The summed E-state index contributed by atoms with van der Waals surface area (Å²) in [4.78, 5) is 4.27. The second kappa shape index (κ2) is 7.53. The van der Waals surface area contributed by atoms with Crippen LogP contribution in [0.3, 0.4) is 0 Å². The third kappa shape index (κ3) is 4.57. The van der Waals surface area contributed by atoms with Gasteiger partial charge in [0.05, 0.1) is 11.8 Å². The molecule has 2 aromatic rings. The lowest BCUT2D eigenvalue weighted by molar-refractivity contribution is 0.234. The van der Waals surface area contributed by atoms with Gasteiger partial charge in [-0.3, -0.25) is 0 Å². The van der Waals surface area contributed by atoms with Crippen molar-refractivity contribution in [3.8, 4) is 5.88 Å². The molecule has 0 spiro atoms. The van der Waals surface area contributed by atoms with Gasteiger partial charge in [0.25, 0.3) is 0 Å². The highest BCUT2D eigenvalue weighted by Crippen LogP contribution is 2.21. The molecule has 0 aliphatic rings. The van der Waals surface area contributed by atoms with E-state index in [1.165, 1.54) is 5.56 Å². The zero-order valence-corrected chi connectivity index (χ0v) is 12.2. The Morgan fingerprint density at radius 2 is 1.90 bits per heavy atom. The second-order valence-electron chi connectivity index (χ2n) is 5.04. The Balaban J connectivity index is 1.82. The summed E-state index contributed by atoms with van der Waals surface area (Å²) in [7, 11) is 0. The highest BCUT2D eigenvalue weighted by Gasteiger charge is 2.05. The molecule has 3 heteroatoms. The number of hydrogen-bond acceptors (Lipinski definition) is 3. The average Bonchev–Trinajstić information content (AvgIpc) is 2.46. The minimum absolute atomic E-state index is 0.134. The van der Waals surface area contributed by atoms with Gasteiger partial charge in [0.2, 0.25) is 5.88 Å². The molecular weight excluding hydrogens is 248 g/mol. The molecule has 0 saturated carbocycles. The number of nitrogens with one attached hydrogen (secondary N) is 1. The molecule has 0 aliphatic heterocycles. The van der Waals surface area contributed by atoms with Gasteiger partial charge in [0.15, 0.2) is 0 Å². The van der Waals surface area contributed by atoms with Crippen LogP contribution in [0.1, 0.15) is 25.8 Å². The van der Waals surface area contributed by atoms with Gasteiger partial charge in [-0.2, -0.15) is 0 Å². The Bertz CT molecular complexity index is 511. The van der Waals surface area contributed by atoms with Gasteiger partial charge in [-0.1, -0.05) is 30.3 Å². The first kappa shape index (κ1) is 14.4. The van der Waals surface area contributed by atoms with Gasteiger partial charge >= 0.3 is 0 Å². The zero-order valence-electron chi connectivity index (χ0n) is 12.2. The van der Waals surface area contributed by atoms with Crippen LogP contribution in [0.2, 0.25) is 0 Å². The van der Waals surface area contributed by atoms with Crippen LogP contribution in [0, 0.1) is 0 Å². The average molecular weight is 270 g/mol. The van der Waals surface area contributed by atoms with Crippen LogP contribution < -0.4 is 10.1 Å². The third-order valence-electron chi connectivity index (χ3n) is 2.92. The molecule has 0 radical (unpaired) electrons. The van der Waals surface area contributed by atoms with E-state index in [4.69, 9.17) is 4.74 Å². The summed E-state index contributed by atoms with van der Waals surface area (Å²) in [6, 6.07) is 14.5. The Kier molecular flexibility index (Phi) is 5.42. The minimum Gasteiger partial charge on any atom is -0.473 e. The van der Waals surface area contributed by atoms with E-state index >= 15 is 0 Å². The number of nitrogens with zero attached hydrogens (tertiary/aromatic N) is 1. The largest absolute Gasteiger partial charge is 0.473 e. The smallest absolute Gasteiger partial charge is 0.237 e. The monoisotopic (exact) mass is 270 g/mol. The molecule has 1 heterocycles. The van der Waals surface area contributed by atoms with Crippen molar-refractivity contribution in [3.05, 3.63) is 54.2 Å². The lowest BCUT2D eigenvalue weighted by Gasteiger charge is -2.14. The molecule has 0 unspecified atom stereocenters. The van der Waals surface area contributed by atoms with Crippen LogP contribution in [0.25, 0.3) is 0 Å². The molecule has 0 amide bonds. The molecule has 1 aromatic heterocycles. The second-order valence-corrected chi connectivity index (χ2v) is 5.04. The predicted octanol–water partition coefficient (Wildman–Crippen LogP) is 3.91. The SMILES string of the molecule is CC(C)Oc1ncccc1NCCCc1ccccc1. The van der Waals surface area contributed by atoms with Crippen molar-refractivity contribution in [2.75, 3.05) is 11.9 Å². The van der Waals surface area contributed by atoms with E-state index in [9.17, 15) is 0 Å². The van der Waals surface area contributed by atoms with Crippen molar-refractivity contribution in [2.45, 2.75) is 32.8 Å². The number of anilines is 1. The molecular formula is C17H22N2O. The van der Waals surface area contributed by atoms with Crippen LogP contribution >= 0.6 is 0 Å². The van der Waals surface area contributed by atoms with Gasteiger partial charge in [-0.15, -0.1) is 0 Å². The normalized spacial score (nSPS) is 10.6. The molecule has 106 valence electrons. The predicted molar refractivity (Wildman–Crippen MR) is 83.3 cm³/mol. The number of aromatic nitrogens is 1. The minimum atomic E-state index is 0.134. The fourth-order valence-corrected chi connectivity index (χ4v) is 2.00. The van der Waals surface area contributed by atoms with Crippen molar-refractivity contribution < 1.29 is 4.74 Å². The first-order valence-corrected chi connectivity index (χ1v) is 7.15. The quantitative estimate of drug-likeness (QED) is 0.774. The van der Waals surface area contributed by atoms with Crippen LogP contribution in [0.4, 0.5) is 5.69 Å². The van der Waals surface area contributed by atoms with Crippen LogP contribution in [-0.2, 0) is 6.42 Å². The van der Waals surface area contributed by atoms with Gasteiger partial charge in [0.1, 0.15) is 0 Å². The summed E-state index contributed by atoms with van der Waals surface area (Å²) < 4.78 is 5.69. The van der Waals surface area contributed by atoms with Crippen molar-refractivity contribution in [1.29, 1.82) is 0 Å². The standard InChI is InChI=1S/C17H22N2O/c1-14(2)20-17-16(11-7-13-19-17)18-12-6-10-15-8-4-3-5-9-15/h3-5,7-9,11,13-14,18H,6,10,12H2,1-2H3. The summed E-state index contributed by atoms with van der Waals surface area (Å²) in [5.41, 5.74) is 2.34. The van der Waals surface area contributed by atoms with E-state index in [1.54, 1.807) is 6.20 Å². The maximum absolute atomic E-state index is 5.69. The van der Waals surface area contributed by atoms with E-state index in [2.05, 4.69) is 34.6 Å². The van der Waals surface area contributed by atoms with Crippen LogP contribution in [-0.4, -0.2) is 17.6 Å². The van der Waals surface area contributed by atoms with Crippen molar-refractivity contribution >= 4 is 5.69 Å². The van der Waals surface area contributed by atoms with Gasteiger partial charge < -0.3 is 10.1 Å². The van der Waals surface area contributed by atoms with Crippen molar-refractivity contribution in [1.82, 2.24) is 4.98 Å². The fourth-order valence-electron chi connectivity index (χ4n) is 2.00. The van der Waals surface area contributed by atoms with E-state index in [-0.39, 0.29) is 6.10 Å². The molecule has 0 aliphatic carbocycles. The van der Waals surface area contributed by atoms with E-state index in [1.807, 2.05) is 32.0 Å². The van der Waals surface area contributed by atoms with Crippen molar-refractivity contribution in [2.24, 2.45) is 0 Å². The van der Waals surface area contributed by atoms with E-state index in [0.717, 1.165) is 25.1 Å². The molecule has 0 atom stereocenters. The van der Waals surface area contributed by atoms with E-state index < -0.39 is 0 Å². The Labute approximate surface area is 121 Å². The number of pyridine rings is 1. The topological polar surface area (TPSA) is 34.1 Å². The molecule has 0 bridgehead atoms. The molecule has 1 N–H and O–H groups in total. The highest BCUT2D eigenvalue weighted by atomic mass is 16.5. The number of aryl methyl sites for hydroxylation is 1. The molecule has 20 heavy (non-hydrogen) atoms. The molecule has 1 aromatic carbocycles. The van der Waals surface area contributed by atoms with E-state index in [0.29, 0.717) is 5.88 Å². The zero-order chi connectivity index (χ0) is 14.2. The molecule has 0 fully saturated rings. The lowest BCUT2D eigenvalue weighted by atomic mass is 10.1. The number of benzene rings is 1. The summed E-state index contributed by atoms with van der Waals surface area (Å²) in [5, 5.41) is 3.40. The molecule has 3 nitrogen and oxygen atoms in total. The Hall–Kier alpha value is -2.03. The third-order valence-corrected chi connectivity index (χ3v) is 2.92. The Morgan fingerprint density at radius 3 is 2.65 bits per heavy atom. The van der Waals surface area contributed by atoms with Crippen LogP contribution in [0.5, 0.6) is 5.88 Å². The summed E-state index contributed by atoms with van der Waals surface area (Å²) in [5.74, 6) is 0.683. The summed E-state index contributed by atoms with van der Waals surface area (Å²) in [6.07, 6.45) is 4.05. The molecule has 2 rings (SSSR count). The molecule has 0 saturated heterocycles. The van der Waals surface area contributed by atoms with Crippen LogP contribution in [0.15, 0.2) is 48.7 Å².